The average Bonchev–Trinajstić information content (AvgIpc) is 3.44. The molecule has 2 aliphatic rings. The third-order valence-electron chi connectivity index (χ3n) is 5.80. The SMILES string of the molecule is CCN1CCCC1CNC(=NC)NCc1cccc(C(=O)NCC2CCCO2)c1. The maximum absolute atomic E-state index is 12.4. The number of nitrogens with one attached hydrogen (secondary N) is 3. The van der Waals surface area contributed by atoms with E-state index in [1.165, 1.54) is 19.4 Å². The van der Waals surface area contributed by atoms with Gasteiger partial charge in [0.2, 0.25) is 0 Å². The fourth-order valence-electron chi connectivity index (χ4n) is 4.10. The van der Waals surface area contributed by atoms with Gasteiger partial charge in [-0.05, 0) is 56.5 Å². The first-order valence-corrected chi connectivity index (χ1v) is 10.9. The van der Waals surface area contributed by atoms with Gasteiger partial charge in [-0.25, -0.2) is 0 Å². The van der Waals surface area contributed by atoms with E-state index < -0.39 is 0 Å². The highest BCUT2D eigenvalue weighted by molar-refractivity contribution is 5.94. The first kappa shape index (κ1) is 21.6. The molecule has 29 heavy (non-hydrogen) atoms. The molecule has 3 rings (SSSR count). The van der Waals surface area contributed by atoms with Crippen molar-refractivity contribution in [1.82, 2.24) is 20.9 Å². The fraction of sp³-hybridized carbons (Fsp3) is 0.636. The molecule has 7 nitrogen and oxygen atoms in total. The van der Waals surface area contributed by atoms with E-state index in [0.29, 0.717) is 24.7 Å². The van der Waals surface area contributed by atoms with Crippen molar-refractivity contribution < 1.29 is 9.53 Å². The molecule has 2 heterocycles. The van der Waals surface area contributed by atoms with Crippen LogP contribution in [0.15, 0.2) is 29.3 Å². The lowest BCUT2D eigenvalue weighted by atomic mass is 10.1. The molecule has 0 aromatic heterocycles. The van der Waals surface area contributed by atoms with Crippen LogP contribution >= 0.6 is 0 Å². The van der Waals surface area contributed by atoms with Gasteiger partial charge < -0.3 is 20.7 Å². The van der Waals surface area contributed by atoms with Gasteiger partial charge in [0.15, 0.2) is 5.96 Å². The van der Waals surface area contributed by atoms with Crippen molar-refractivity contribution in [2.45, 2.75) is 51.3 Å². The molecule has 3 N–H and O–H groups in total. The summed E-state index contributed by atoms with van der Waals surface area (Å²) in [5.41, 5.74) is 1.73. The van der Waals surface area contributed by atoms with Crippen LogP contribution in [0, 0.1) is 0 Å². The van der Waals surface area contributed by atoms with Gasteiger partial charge >= 0.3 is 0 Å². The summed E-state index contributed by atoms with van der Waals surface area (Å²) >= 11 is 0. The Kier molecular flexibility index (Phi) is 8.31. The molecule has 2 atom stereocenters. The standard InChI is InChI=1S/C22H35N5O2/c1-3-27-11-5-9-19(27)15-26-22(23-2)25-14-17-7-4-8-18(13-17)21(28)24-16-20-10-6-12-29-20/h4,7-8,13,19-20H,3,5-6,9-12,14-16H2,1-2H3,(H,24,28)(H2,23,25,26). The molecular weight excluding hydrogens is 366 g/mol. The van der Waals surface area contributed by atoms with Gasteiger partial charge in [-0.15, -0.1) is 0 Å². The number of carbonyl (C=O) groups is 1. The highest BCUT2D eigenvalue weighted by Gasteiger charge is 2.22. The molecule has 0 saturated carbocycles. The Morgan fingerprint density at radius 3 is 2.86 bits per heavy atom. The van der Waals surface area contributed by atoms with Crippen LogP contribution < -0.4 is 16.0 Å². The number of aliphatic imine (C=N–C) groups is 1. The number of amides is 1. The molecule has 0 spiro atoms. The molecule has 2 unspecified atom stereocenters. The molecule has 0 radical (unpaired) electrons. The Hall–Kier alpha value is -2.12. The predicted octanol–water partition coefficient (Wildman–Crippen LogP) is 1.74. The van der Waals surface area contributed by atoms with E-state index in [9.17, 15) is 4.79 Å². The smallest absolute Gasteiger partial charge is 0.251 e. The van der Waals surface area contributed by atoms with Crippen LogP contribution in [0.5, 0.6) is 0 Å². The summed E-state index contributed by atoms with van der Waals surface area (Å²) in [7, 11) is 1.79. The van der Waals surface area contributed by atoms with Crippen LogP contribution in [-0.4, -0.2) is 68.7 Å². The quantitative estimate of drug-likeness (QED) is 0.457. The minimum Gasteiger partial charge on any atom is -0.376 e. The summed E-state index contributed by atoms with van der Waals surface area (Å²) in [4.78, 5) is 19.3. The number of guanidine groups is 1. The summed E-state index contributed by atoms with van der Waals surface area (Å²) in [5.74, 6) is 0.743. The van der Waals surface area contributed by atoms with E-state index in [-0.39, 0.29) is 12.0 Å². The van der Waals surface area contributed by atoms with Crippen LogP contribution in [0.3, 0.4) is 0 Å². The number of carbonyl (C=O) groups excluding carboxylic acids is 1. The second-order valence-corrected chi connectivity index (χ2v) is 7.78. The third-order valence-corrected chi connectivity index (χ3v) is 5.80. The highest BCUT2D eigenvalue weighted by Crippen LogP contribution is 2.15. The van der Waals surface area contributed by atoms with Crippen molar-refractivity contribution in [3.05, 3.63) is 35.4 Å². The van der Waals surface area contributed by atoms with Gasteiger partial charge in [-0.1, -0.05) is 19.1 Å². The Labute approximate surface area is 174 Å². The first-order chi connectivity index (χ1) is 14.2. The first-order valence-electron chi connectivity index (χ1n) is 10.9. The number of likely N-dealkylation sites (N-methyl/N-ethyl adjacent to an activating group) is 1. The number of nitrogens with zero attached hydrogens (tertiary/aromatic N) is 2. The van der Waals surface area contributed by atoms with Gasteiger partial charge in [-0.2, -0.15) is 0 Å². The predicted molar refractivity (Wildman–Crippen MR) is 116 cm³/mol. The number of benzene rings is 1. The minimum absolute atomic E-state index is 0.0502. The summed E-state index contributed by atoms with van der Waals surface area (Å²) in [6.07, 6.45) is 4.76. The maximum atomic E-state index is 12.4. The van der Waals surface area contributed by atoms with Crippen molar-refractivity contribution in [3.8, 4) is 0 Å². The Balaban J connectivity index is 1.45. The molecule has 1 amide bonds. The second-order valence-electron chi connectivity index (χ2n) is 7.78. The maximum Gasteiger partial charge on any atom is 0.251 e. The minimum atomic E-state index is -0.0502. The van der Waals surface area contributed by atoms with E-state index in [1.807, 2.05) is 24.3 Å². The number of hydrogen-bond donors (Lipinski definition) is 3. The van der Waals surface area contributed by atoms with Gasteiger partial charge in [0.05, 0.1) is 6.10 Å². The summed E-state index contributed by atoms with van der Waals surface area (Å²) in [6, 6.07) is 8.30. The Bertz CT molecular complexity index is 688. The third kappa shape index (κ3) is 6.44. The van der Waals surface area contributed by atoms with E-state index in [1.54, 1.807) is 7.05 Å². The molecule has 160 valence electrons. The molecule has 0 aliphatic carbocycles. The van der Waals surface area contributed by atoms with Gasteiger partial charge in [0.25, 0.3) is 5.91 Å². The van der Waals surface area contributed by atoms with E-state index >= 15 is 0 Å². The van der Waals surface area contributed by atoms with E-state index in [2.05, 4.69) is 32.8 Å². The lowest BCUT2D eigenvalue weighted by Crippen LogP contribution is -2.44. The number of rotatable bonds is 8. The second kappa shape index (κ2) is 11.2. The summed E-state index contributed by atoms with van der Waals surface area (Å²) < 4.78 is 5.57. The molecule has 2 aliphatic heterocycles. The zero-order chi connectivity index (χ0) is 20.5. The largest absolute Gasteiger partial charge is 0.376 e. The Morgan fingerprint density at radius 2 is 2.10 bits per heavy atom. The average molecular weight is 402 g/mol. The van der Waals surface area contributed by atoms with Crippen molar-refractivity contribution in [1.29, 1.82) is 0 Å². The molecule has 7 heteroatoms. The monoisotopic (exact) mass is 401 g/mol. The van der Waals surface area contributed by atoms with E-state index in [4.69, 9.17) is 4.74 Å². The zero-order valence-electron chi connectivity index (χ0n) is 17.7. The van der Waals surface area contributed by atoms with Gasteiger partial charge in [0.1, 0.15) is 0 Å². The van der Waals surface area contributed by atoms with Crippen molar-refractivity contribution in [3.63, 3.8) is 0 Å². The van der Waals surface area contributed by atoms with Crippen molar-refractivity contribution in [2.75, 3.05) is 39.8 Å². The highest BCUT2D eigenvalue weighted by atomic mass is 16.5. The van der Waals surface area contributed by atoms with Gasteiger partial charge in [0, 0.05) is 44.9 Å². The Morgan fingerprint density at radius 1 is 1.21 bits per heavy atom. The molecule has 0 bridgehead atoms. The van der Waals surface area contributed by atoms with Crippen LogP contribution in [0.2, 0.25) is 0 Å². The lowest BCUT2D eigenvalue weighted by molar-refractivity contribution is 0.0857. The topological polar surface area (TPSA) is 78.0 Å². The molecule has 1 aromatic carbocycles. The lowest BCUT2D eigenvalue weighted by Gasteiger charge is -2.24. The molecule has 2 saturated heterocycles. The summed E-state index contributed by atoms with van der Waals surface area (Å²) in [6.45, 7) is 7.40. The number of hydrogen-bond acceptors (Lipinski definition) is 4. The van der Waals surface area contributed by atoms with Crippen molar-refractivity contribution >= 4 is 11.9 Å². The molecule has 2 fully saturated rings. The normalized spacial score (nSPS) is 22.6. The summed E-state index contributed by atoms with van der Waals surface area (Å²) in [5, 5.41) is 9.77. The molecule has 1 aromatic rings. The number of ether oxygens (including phenoxy) is 1. The zero-order valence-corrected chi connectivity index (χ0v) is 17.7. The fourth-order valence-corrected chi connectivity index (χ4v) is 4.10. The van der Waals surface area contributed by atoms with E-state index in [0.717, 1.165) is 44.1 Å². The van der Waals surface area contributed by atoms with Crippen molar-refractivity contribution in [2.24, 2.45) is 4.99 Å². The number of likely N-dealkylation sites (tertiary alicyclic amines) is 1. The van der Waals surface area contributed by atoms with Crippen LogP contribution in [0.25, 0.3) is 0 Å². The van der Waals surface area contributed by atoms with Crippen LogP contribution in [-0.2, 0) is 11.3 Å². The van der Waals surface area contributed by atoms with Gasteiger partial charge in [-0.3, -0.25) is 14.7 Å². The van der Waals surface area contributed by atoms with Crippen LogP contribution in [0.1, 0.15) is 48.5 Å². The van der Waals surface area contributed by atoms with Crippen LogP contribution in [0.4, 0.5) is 0 Å². The molecular formula is C22H35N5O2.